The van der Waals surface area contributed by atoms with Crippen LogP contribution in [0.2, 0.25) is 0 Å². The van der Waals surface area contributed by atoms with E-state index in [1.807, 2.05) is 0 Å². The molecule has 10 nitrogen and oxygen atoms in total. The van der Waals surface area contributed by atoms with Crippen LogP contribution in [0.3, 0.4) is 0 Å². The van der Waals surface area contributed by atoms with Crippen LogP contribution >= 0.6 is 0 Å². The molecule has 1 aliphatic heterocycles. The molecule has 0 radical (unpaired) electrons. The van der Waals surface area contributed by atoms with E-state index in [2.05, 4.69) is 20.3 Å². The second kappa shape index (κ2) is 13.8. The van der Waals surface area contributed by atoms with Crippen molar-refractivity contribution in [3.8, 4) is 11.5 Å². The normalized spacial score (nSPS) is 15.0. The van der Waals surface area contributed by atoms with Gasteiger partial charge in [-0.3, -0.25) is 4.79 Å². The predicted octanol–water partition coefficient (Wildman–Crippen LogP) is 5.95. The maximum Gasteiger partial charge on any atom is 0.433 e. The number of carboxylic acids is 1. The minimum Gasteiger partial charge on any atom is -0.480 e. The second-order valence-corrected chi connectivity index (χ2v) is 10.7. The summed E-state index contributed by atoms with van der Waals surface area (Å²) >= 11 is 0. The van der Waals surface area contributed by atoms with Crippen molar-refractivity contribution in [3.63, 3.8) is 0 Å². The number of anilines is 1. The Labute approximate surface area is 263 Å². The smallest absolute Gasteiger partial charge is 0.433 e. The molecule has 1 fully saturated rings. The molecular weight excluding hydrogens is 636 g/mol. The van der Waals surface area contributed by atoms with Gasteiger partial charge in [-0.25, -0.2) is 19.7 Å². The van der Waals surface area contributed by atoms with Crippen LogP contribution in [0.15, 0.2) is 71.3 Å². The summed E-state index contributed by atoms with van der Waals surface area (Å²) in [6.45, 7) is 0.0507. The second-order valence-electron chi connectivity index (χ2n) is 10.7. The number of alkyl halides is 6. The fraction of sp³-hybridized carbons (Fsp3) is 0.323. The quantitative estimate of drug-likeness (QED) is 0.198. The average molecular weight is 664 g/mol. The van der Waals surface area contributed by atoms with Crippen molar-refractivity contribution in [3.05, 3.63) is 95.1 Å². The lowest BCUT2D eigenvalue weighted by molar-refractivity contribution is -0.142. The van der Waals surface area contributed by atoms with Gasteiger partial charge in [-0.05, 0) is 48.7 Å². The zero-order valence-corrected chi connectivity index (χ0v) is 24.4. The van der Waals surface area contributed by atoms with Crippen LogP contribution in [-0.4, -0.2) is 57.7 Å². The molecule has 248 valence electrons. The van der Waals surface area contributed by atoms with E-state index >= 15 is 0 Å². The van der Waals surface area contributed by atoms with Gasteiger partial charge in [0, 0.05) is 30.8 Å². The maximum absolute atomic E-state index is 13.5. The van der Waals surface area contributed by atoms with Gasteiger partial charge in [0.05, 0.1) is 18.8 Å². The number of hydrogen-bond acceptors (Lipinski definition) is 8. The Morgan fingerprint density at radius 1 is 0.957 bits per heavy atom. The third-order valence-corrected chi connectivity index (χ3v) is 7.41. The molecule has 2 N–H and O–H groups in total. The zero-order valence-electron chi connectivity index (χ0n) is 24.4. The molecule has 1 saturated heterocycles. The van der Waals surface area contributed by atoms with Crippen molar-refractivity contribution in [2.24, 2.45) is 0 Å². The van der Waals surface area contributed by atoms with Gasteiger partial charge in [-0.2, -0.15) is 26.3 Å². The number of hydrogen-bond donors (Lipinski definition) is 2. The number of carboxylic acid groups (broad SMARTS) is 1. The predicted molar refractivity (Wildman–Crippen MR) is 153 cm³/mol. The summed E-state index contributed by atoms with van der Waals surface area (Å²) in [7, 11) is 0. The van der Waals surface area contributed by atoms with Gasteiger partial charge in [0.25, 0.3) is 5.91 Å². The van der Waals surface area contributed by atoms with E-state index < -0.39 is 47.4 Å². The van der Waals surface area contributed by atoms with E-state index in [9.17, 15) is 41.0 Å². The van der Waals surface area contributed by atoms with Crippen molar-refractivity contribution >= 4 is 17.8 Å². The first-order chi connectivity index (χ1) is 22.3. The van der Waals surface area contributed by atoms with Gasteiger partial charge in [0.1, 0.15) is 11.5 Å². The summed E-state index contributed by atoms with van der Waals surface area (Å²) < 4.78 is 90.4. The number of carbonyl (C=O) groups excluding carboxylic acids is 1. The molecule has 4 aromatic rings. The Kier molecular flexibility index (Phi) is 9.79. The Bertz CT molecular complexity index is 1690. The van der Waals surface area contributed by atoms with Crippen LogP contribution in [0.4, 0.5) is 32.3 Å². The fourth-order valence-corrected chi connectivity index (χ4v) is 4.97. The number of halogens is 6. The van der Waals surface area contributed by atoms with E-state index in [-0.39, 0.29) is 68.0 Å². The number of ether oxygens (including phenoxy) is 1. The topological polar surface area (TPSA) is 131 Å². The fourth-order valence-electron chi connectivity index (χ4n) is 4.97. The molecule has 1 aliphatic rings. The number of rotatable bonds is 10. The summed E-state index contributed by atoms with van der Waals surface area (Å²) in [6, 6.07) is 12.1. The SMILES string of the molecule is O=C(N[C@@H](COCc1ccccc1)C(=O)O)c1nc(-c2ccc(C(F)(F)F)cc2)oc1C1CCN(c2nccc(C(F)(F)F)n2)CC1. The Morgan fingerprint density at radius 2 is 1.64 bits per heavy atom. The minimum absolute atomic E-state index is 0.0522. The Hall–Kier alpha value is -4.99. The van der Waals surface area contributed by atoms with E-state index in [1.54, 1.807) is 35.2 Å². The number of amides is 1. The lowest BCUT2D eigenvalue weighted by Gasteiger charge is -2.31. The van der Waals surface area contributed by atoms with Gasteiger partial charge >= 0.3 is 18.3 Å². The first kappa shape index (κ1) is 33.4. The molecule has 16 heteroatoms. The number of oxazole rings is 1. The maximum atomic E-state index is 13.5. The molecule has 0 aliphatic carbocycles. The lowest BCUT2D eigenvalue weighted by atomic mass is 9.93. The number of carbonyl (C=O) groups is 2. The van der Waals surface area contributed by atoms with Gasteiger partial charge in [0.15, 0.2) is 11.7 Å². The van der Waals surface area contributed by atoms with Crippen molar-refractivity contribution in [1.82, 2.24) is 20.3 Å². The number of nitrogens with one attached hydrogen (secondary N) is 1. The Balaban J connectivity index is 1.37. The summed E-state index contributed by atoms with van der Waals surface area (Å²) in [5, 5.41) is 12.1. The van der Waals surface area contributed by atoms with Crippen LogP contribution < -0.4 is 10.2 Å². The number of aliphatic carboxylic acids is 1. The average Bonchev–Trinajstić information content (AvgIpc) is 3.50. The standard InChI is InChI=1S/C31H27F6N5O5/c32-30(33,34)21-8-6-20(7-9-21)27-41-24(26(43)39-22(28(44)45)17-46-16-18-4-2-1-3-5-18)25(47-27)19-11-14-42(15-12-19)29-38-13-10-23(40-29)31(35,36)37/h1-10,13,19,22H,11-12,14-17H2,(H,39,43)(H,44,45)/t22-/m0/s1. The van der Waals surface area contributed by atoms with Crippen LogP contribution in [0.1, 0.15) is 51.8 Å². The number of benzene rings is 2. The van der Waals surface area contributed by atoms with E-state index in [1.165, 1.54) is 0 Å². The molecule has 1 amide bonds. The van der Waals surface area contributed by atoms with Gasteiger partial charge in [-0.15, -0.1) is 0 Å². The molecule has 2 aromatic heterocycles. The van der Waals surface area contributed by atoms with Crippen LogP contribution in [0.25, 0.3) is 11.5 Å². The highest BCUT2D eigenvalue weighted by Crippen LogP contribution is 2.36. The highest BCUT2D eigenvalue weighted by molar-refractivity contribution is 5.96. The van der Waals surface area contributed by atoms with Crippen molar-refractivity contribution < 1.29 is 50.2 Å². The first-order valence-electron chi connectivity index (χ1n) is 14.3. The number of aromatic nitrogens is 3. The summed E-state index contributed by atoms with van der Waals surface area (Å²) in [5.74, 6) is -3.05. The van der Waals surface area contributed by atoms with Crippen molar-refractivity contribution in [2.45, 2.75) is 43.8 Å². The Morgan fingerprint density at radius 3 is 2.26 bits per heavy atom. The van der Waals surface area contributed by atoms with Crippen LogP contribution in [0, 0.1) is 0 Å². The van der Waals surface area contributed by atoms with Gasteiger partial charge in [-0.1, -0.05) is 30.3 Å². The molecule has 5 rings (SSSR count). The largest absolute Gasteiger partial charge is 0.480 e. The summed E-state index contributed by atoms with van der Waals surface area (Å²) in [5.41, 5.74) is -1.36. The lowest BCUT2D eigenvalue weighted by Crippen LogP contribution is -2.44. The molecule has 0 unspecified atom stereocenters. The van der Waals surface area contributed by atoms with E-state index in [0.29, 0.717) is 0 Å². The monoisotopic (exact) mass is 663 g/mol. The first-order valence-corrected chi connectivity index (χ1v) is 14.3. The molecular formula is C31H27F6N5O5. The van der Waals surface area contributed by atoms with Crippen LogP contribution in [-0.2, 0) is 28.5 Å². The summed E-state index contributed by atoms with van der Waals surface area (Å²) in [6.07, 6.45) is -7.73. The van der Waals surface area contributed by atoms with Gasteiger partial charge < -0.3 is 24.5 Å². The molecule has 0 spiro atoms. The molecule has 0 saturated carbocycles. The van der Waals surface area contributed by atoms with Crippen molar-refractivity contribution in [1.29, 1.82) is 0 Å². The van der Waals surface area contributed by atoms with Crippen LogP contribution in [0.5, 0.6) is 0 Å². The van der Waals surface area contributed by atoms with E-state index in [0.717, 1.165) is 42.1 Å². The molecule has 1 atom stereocenters. The minimum atomic E-state index is -4.66. The number of piperidine rings is 1. The molecule has 47 heavy (non-hydrogen) atoms. The molecule has 0 bridgehead atoms. The van der Waals surface area contributed by atoms with Crippen molar-refractivity contribution in [2.75, 3.05) is 24.6 Å². The molecule has 3 heterocycles. The molecule has 2 aromatic carbocycles. The summed E-state index contributed by atoms with van der Waals surface area (Å²) in [4.78, 5) is 38.8. The highest BCUT2D eigenvalue weighted by atomic mass is 19.4. The van der Waals surface area contributed by atoms with Gasteiger partial charge in [0.2, 0.25) is 11.8 Å². The number of nitrogens with zero attached hydrogens (tertiary/aromatic N) is 4. The third kappa shape index (κ3) is 8.24. The third-order valence-electron chi connectivity index (χ3n) is 7.41. The highest BCUT2D eigenvalue weighted by Gasteiger charge is 2.36. The van der Waals surface area contributed by atoms with E-state index in [4.69, 9.17) is 9.15 Å². The zero-order chi connectivity index (χ0) is 33.8.